The Balaban J connectivity index is 0. The van der Waals surface area contributed by atoms with Crippen LogP contribution >= 0.6 is 0 Å². The summed E-state index contributed by atoms with van der Waals surface area (Å²) in [5.41, 5.74) is 0. The Kier molecular flexibility index (Phi) is 13.4. The second-order valence-corrected chi connectivity index (χ2v) is 1.93. The predicted molar refractivity (Wildman–Crippen MR) is 41.7 cm³/mol. The van der Waals surface area contributed by atoms with Gasteiger partial charge in [-0.25, -0.2) is 0 Å². The Morgan fingerprint density at radius 2 is 1.80 bits per heavy atom. The third-order valence-electron chi connectivity index (χ3n) is 1.05. The predicted octanol–water partition coefficient (Wildman–Crippen LogP) is -0.292. The van der Waals surface area contributed by atoms with Crippen LogP contribution in [0.25, 0.3) is 0 Å². The molecule has 10 heavy (non-hydrogen) atoms. The number of carboxylic acids is 1. The van der Waals surface area contributed by atoms with E-state index < -0.39 is 5.97 Å². The fourth-order valence-corrected chi connectivity index (χ4v) is 0.565. The maximum absolute atomic E-state index is 9.90. The van der Waals surface area contributed by atoms with E-state index in [0.29, 0.717) is 12.8 Å². The average molecular weight is 222 g/mol. The van der Waals surface area contributed by atoms with Crippen molar-refractivity contribution in [2.45, 2.75) is 25.7 Å². The van der Waals surface area contributed by atoms with Gasteiger partial charge in [0.2, 0.25) is 0 Å². The van der Waals surface area contributed by atoms with E-state index in [1.807, 2.05) is 0 Å². The van der Waals surface area contributed by atoms with E-state index in [1.165, 1.54) is 0 Å². The van der Waals surface area contributed by atoms with Crippen LogP contribution in [0.4, 0.5) is 0 Å². The van der Waals surface area contributed by atoms with Crippen molar-refractivity contribution in [3.63, 3.8) is 0 Å². The number of aliphatic hydroxyl groups excluding tert-OH is 1. The zero-order valence-corrected chi connectivity index (χ0v) is 5.34. The molecule has 0 unspecified atom stereocenters. The molecule has 58 valence electrons. The fourth-order valence-electron chi connectivity index (χ4n) is 0.565. The van der Waals surface area contributed by atoms with Crippen LogP contribution < -0.4 is 0 Å². The molecule has 0 fully saturated rings. The van der Waals surface area contributed by atoms with E-state index in [-0.39, 0.29) is 58.5 Å². The minimum atomic E-state index is -0.757. The van der Waals surface area contributed by atoms with Crippen molar-refractivity contribution >= 4 is 51.5 Å². The molecule has 4 heteroatoms. The molecule has 0 aliphatic rings. The summed E-state index contributed by atoms with van der Waals surface area (Å²) >= 11 is 0. The number of carboxylic acid groups (broad SMARTS) is 1. The molecule has 0 rings (SSSR count). The number of rotatable bonds is 5. The zero-order valence-electron chi connectivity index (χ0n) is 5.34. The molecule has 0 saturated carbocycles. The molecule has 0 amide bonds. The van der Waals surface area contributed by atoms with Crippen LogP contribution in [0.3, 0.4) is 0 Å². The Labute approximate surface area is 97.7 Å². The first-order valence-electron chi connectivity index (χ1n) is 3.10. The first-order chi connectivity index (χ1) is 4.27. The molecular formula is C6H14O3Sr. The summed E-state index contributed by atoms with van der Waals surface area (Å²) in [5.74, 6) is -0.757. The van der Waals surface area contributed by atoms with Gasteiger partial charge >= 0.3 is 51.5 Å². The molecule has 0 aliphatic carbocycles. The van der Waals surface area contributed by atoms with Crippen LogP contribution in [0.15, 0.2) is 0 Å². The van der Waals surface area contributed by atoms with Crippen molar-refractivity contribution in [2.24, 2.45) is 0 Å². The van der Waals surface area contributed by atoms with Gasteiger partial charge in [0.15, 0.2) is 0 Å². The van der Waals surface area contributed by atoms with Gasteiger partial charge in [-0.05, 0) is 12.8 Å². The molecular weight excluding hydrogens is 208 g/mol. The molecule has 0 atom stereocenters. The fraction of sp³-hybridized carbons (Fsp3) is 0.833. The molecule has 0 heterocycles. The first kappa shape index (κ1) is 13.5. The molecule has 0 aromatic rings. The summed E-state index contributed by atoms with van der Waals surface area (Å²) in [6.45, 7) is 0.166. The molecule has 0 aliphatic heterocycles. The van der Waals surface area contributed by atoms with E-state index in [1.54, 1.807) is 0 Å². The van der Waals surface area contributed by atoms with Gasteiger partial charge in [-0.2, -0.15) is 0 Å². The number of unbranched alkanes of at least 4 members (excludes halogenated alkanes) is 2. The van der Waals surface area contributed by atoms with Crippen molar-refractivity contribution in [1.29, 1.82) is 0 Å². The molecule has 3 nitrogen and oxygen atoms in total. The summed E-state index contributed by atoms with van der Waals surface area (Å²) in [5, 5.41) is 16.4. The summed E-state index contributed by atoms with van der Waals surface area (Å²) in [6, 6.07) is 0. The number of aliphatic carboxylic acids is 1. The van der Waals surface area contributed by atoms with Gasteiger partial charge in [0.25, 0.3) is 0 Å². The van der Waals surface area contributed by atoms with Crippen molar-refractivity contribution in [3.8, 4) is 0 Å². The maximum atomic E-state index is 9.90. The van der Waals surface area contributed by atoms with Crippen molar-refractivity contribution in [2.75, 3.05) is 6.61 Å². The van der Waals surface area contributed by atoms with Gasteiger partial charge in [-0.3, -0.25) is 4.79 Å². The van der Waals surface area contributed by atoms with E-state index >= 15 is 0 Å². The number of hydrogen-bond donors (Lipinski definition) is 2. The van der Waals surface area contributed by atoms with E-state index in [0.717, 1.165) is 6.42 Å². The van der Waals surface area contributed by atoms with E-state index in [4.69, 9.17) is 10.2 Å². The number of aliphatic hydroxyl groups is 1. The standard InChI is InChI=1S/C6H12O3.Sr.2H/c7-5-3-1-2-4-6(8)9;;;/h7H,1-5H2,(H,8,9);;;. The van der Waals surface area contributed by atoms with Crippen molar-refractivity contribution < 1.29 is 15.0 Å². The van der Waals surface area contributed by atoms with Gasteiger partial charge in [-0.1, -0.05) is 6.42 Å². The Bertz CT molecular complexity index is 85.1. The third kappa shape index (κ3) is 11.7. The summed E-state index contributed by atoms with van der Waals surface area (Å²) in [7, 11) is 0. The summed E-state index contributed by atoms with van der Waals surface area (Å²) < 4.78 is 0. The van der Waals surface area contributed by atoms with Crippen molar-refractivity contribution in [3.05, 3.63) is 0 Å². The molecule has 0 aromatic heterocycles. The Morgan fingerprint density at radius 3 is 2.20 bits per heavy atom. The van der Waals surface area contributed by atoms with Crippen LogP contribution in [-0.4, -0.2) is 68.3 Å². The van der Waals surface area contributed by atoms with Gasteiger partial charge < -0.3 is 10.2 Å². The normalized spacial score (nSPS) is 8.50. The summed E-state index contributed by atoms with van der Waals surface area (Å²) in [4.78, 5) is 9.90. The Morgan fingerprint density at radius 1 is 1.20 bits per heavy atom. The SMILES string of the molecule is O=C(O)CCCCCO.[SrH2]. The quantitative estimate of drug-likeness (QED) is 0.496. The van der Waals surface area contributed by atoms with Crippen LogP contribution in [0.2, 0.25) is 0 Å². The first-order valence-corrected chi connectivity index (χ1v) is 3.10. The second-order valence-electron chi connectivity index (χ2n) is 1.93. The average Bonchev–Trinajstić information content (AvgIpc) is 1.80. The molecule has 0 aromatic carbocycles. The van der Waals surface area contributed by atoms with E-state index in [9.17, 15) is 4.79 Å². The summed E-state index contributed by atoms with van der Waals surface area (Å²) in [6.07, 6.45) is 2.42. The van der Waals surface area contributed by atoms with Crippen LogP contribution in [0.5, 0.6) is 0 Å². The topological polar surface area (TPSA) is 57.5 Å². The van der Waals surface area contributed by atoms with Crippen LogP contribution in [0, 0.1) is 0 Å². The van der Waals surface area contributed by atoms with Gasteiger partial charge in [0, 0.05) is 13.0 Å². The molecule has 0 saturated heterocycles. The van der Waals surface area contributed by atoms with Crippen LogP contribution in [-0.2, 0) is 4.79 Å². The molecule has 0 bridgehead atoms. The van der Waals surface area contributed by atoms with Gasteiger partial charge in [-0.15, -0.1) is 0 Å². The monoisotopic (exact) mass is 222 g/mol. The zero-order chi connectivity index (χ0) is 7.11. The van der Waals surface area contributed by atoms with Gasteiger partial charge in [0.05, 0.1) is 0 Å². The minimum absolute atomic E-state index is 0. The van der Waals surface area contributed by atoms with Gasteiger partial charge in [0.1, 0.15) is 0 Å². The molecule has 0 radical (unpaired) electrons. The van der Waals surface area contributed by atoms with Crippen molar-refractivity contribution in [1.82, 2.24) is 0 Å². The second kappa shape index (κ2) is 9.91. The molecule has 2 N–H and O–H groups in total. The third-order valence-corrected chi connectivity index (χ3v) is 1.05. The van der Waals surface area contributed by atoms with Crippen LogP contribution in [0.1, 0.15) is 25.7 Å². The van der Waals surface area contributed by atoms with E-state index in [2.05, 4.69) is 0 Å². The Hall–Kier alpha value is 0.911. The number of hydrogen-bond acceptors (Lipinski definition) is 2. The molecule has 0 spiro atoms. The number of carbonyl (C=O) groups is 1.